The molecular weight excluding hydrogens is 274 g/mol. The third-order valence-electron chi connectivity index (χ3n) is 3.60. The predicted octanol–water partition coefficient (Wildman–Crippen LogP) is 2.45. The first-order valence-electron chi connectivity index (χ1n) is 7.32. The van der Waals surface area contributed by atoms with Gasteiger partial charge in [0.1, 0.15) is 0 Å². The van der Waals surface area contributed by atoms with Crippen LogP contribution in [0.2, 0.25) is 0 Å². The maximum Gasteiger partial charge on any atom is 0.303 e. The van der Waals surface area contributed by atoms with Crippen LogP contribution in [-0.4, -0.2) is 46.6 Å². The molecule has 112 valence electrons. The Labute approximate surface area is 124 Å². The van der Waals surface area contributed by atoms with Crippen molar-refractivity contribution in [2.24, 2.45) is 0 Å². The molecule has 20 heavy (non-hydrogen) atoms. The van der Waals surface area contributed by atoms with E-state index < -0.39 is 5.97 Å². The molecule has 0 aliphatic carbocycles. The molecule has 2 N–H and O–H groups in total. The minimum atomic E-state index is -0.768. The molecular formula is C14H23N3O2S. The van der Waals surface area contributed by atoms with Crippen molar-refractivity contribution in [2.45, 2.75) is 45.1 Å². The van der Waals surface area contributed by atoms with E-state index in [1.807, 2.05) is 5.38 Å². The van der Waals surface area contributed by atoms with Gasteiger partial charge in [0.25, 0.3) is 0 Å². The Kier molecular flexibility index (Phi) is 5.79. The molecule has 0 atom stereocenters. The number of aromatic nitrogens is 1. The van der Waals surface area contributed by atoms with Crippen molar-refractivity contribution >= 4 is 22.4 Å². The highest BCUT2D eigenvalue weighted by Gasteiger charge is 2.19. The first-order chi connectivity index (χ1) is 9.67. The van der Waals surface area contributed by atoms with Crippen molar-refractivity contribution < 1.29 is 9.90 Å². The van der Waals surface area contributed by atoms with E-state index in [1.165, 1.54) is 13.0 Å². The number of hydrogen-bond acceptors (Lipinski definition) is 5. The second-order valence-corrected chi connectivity index (χ2v) is 6.16. The molecule has 0 spiro atoms. The molecule has 1 saturated heterocycles. The summed E-state index contributed by atoms with van der Waals surface area (Å²) in [5.41, 5.74) is 0.878. The van der Waals surface area contributed by atoms with Crippen LogP contribution in [0, 0.1) is 0 Å². The minimum Gasteiger partial charge on any atom is -0.481 e. The number of nitrogens with zero attached hydrogens (tertiary/aromatic N) is 2. The second kappa shape index (κ2) is 7.59. The number of likely N-dealkylation sites (tertiary alicyclic amines) is 1. The van der Waals surface area contributed by atoms with E-state index in [0.717, 1.165) is 36.8 Å². The van der Waals surface area contributed by atoms with Crippen molar-refractivity contribution in [2.75, 3.05) is 25.0 Å². The van der Waals surface area contributed by atoms with Crippen LogP contribution < -0.4 is 5.32 Å². The van der Waals surface area contributed by atoms with Gasteiger partial charge in [0.2, 0.25) is 0 Å². The number of hydrogen-bond donors (Lipinski definition) is 2. The lowest BCUT2D eigenvalue weighted by Gasteiger charge is -2.31. The number of aliphatic carboxylic acids is 1. The highest BCUT2D eigenvalue weighted by Crippen LogP contribution is 2.21. The molecule has 1 aromatic heterocycles. The summed E-state index contributed by atoms with van der Waals surface area (Å²) in [6.45, 7) is 5.73. The van der Waals surface area contributed by atoms with Crippen LogP contribution >= 0.6 is 11.3 Å². The minimum absolute atomic E-state index is 0.151. The predicted molar refractivity (Wildman–Crippen MR) is 81.4 cm³/mol. The number of rotatable bonds is 7. The topological polar surface area (TPSA) is 65.5 Å². The number of thiazole rings is 1. The summed E-state index contributed by atoms with van der Waals surface area (Å²) in [4.78, 5) is 17.5. The van der Waals surface area contributed by atoms with E-state index in [4.69, 9.17) is 5.11 Å². The average molecular weight is 297 g/mol. The Morgan fingerprint density at radius 2 is 2.30 bits per heavy atom. The van der Waals surface area contributed by atoms with Gasteiger partial charge < -0.3 is 15.3 Å². The number of nitrogens with one attached hydrogen (secondary N) is 1. The number of piperidine rings is 1. The molecule has 1 aliphatic rings. The molecule has 2 rings (SSSR count). The molecule has 0 bridgehead atoms. The van der Waals surface area contributed by atoms with Gasteiger partial charge in [-0.2, -0.15) is 0 Å². The smallest absolute Gasteiger partial charge is 0.303 e. The Hall–Kier alpha value is -1.14. The van der Waals surface area contributed by atoms with E-state index in [2.05, 4.69) is 22.1 Å². The largest absolute Gasteiger partial charge is 0.481 e. The van der Waals surface area contributed by atoms with Gasteiger partial charge in [0, 0.05) is 30.9 Å². The first-order valence-corrected chi connectivity index (χ1v) is 8.20. The Balaban J connectivity index is 1.75. The van der Waals surface area contributed by atoms with Gasteiger partial charge in [0.05, 0.1) is 12.1 Å². The SMILES string of the molecule is CCCN1CCC(Nc2nc(CCC(=O)O)cs2)CC1. The Morgan fingerprint density at radius 3 is 2.95 bits per heavy atom. The van der Waals surface area contributed by atoms with Crippen LogP contribution in [0.25, 0.3) is 0 Å². The maximum absolute atomic E-state index is 10.5. The van der Waals surface area contributed by atoms with Gasteiger partial charge in [0.15, 0.2) is 5.13 Å². The zero-order chi connectivity index (χ0) is 14.4. The number of carboxylic acid groups (broad SMARTS) is 1. The van der Waals surface area contributed by atoms with E-state index >= 15 is 0 Å². The molecule has 0 aromatic carbocycles. The number of anilines is 1. The lowest BCUT2D eigenvalue weighted by Crippen LogP contribution is -2.39. The number of aryl methyl sites for hydroxylation is 1. The zero-order valence-electron chi connectivity index (χ0n) is 12.0. The van der Waals surface area contributed by atoms with Crippen molar-refractivity contribution in [1.29, 1.82) is 0 Å². The fraction of sp³-hybridized carbons (Fsp3) is 0.714. The van der Waals surface area contributed by atoms with Crippen LogP contribution in [0.4, 0.5) is 5.13 Å². The van der Waals surface area contributed by atoms with Gasteiger partial charge in [-0.05, 0) is 25.8 Å². The molecule has 5 nitrogen and oxygen atoms in total. The van der Waals surface area contributed by atoms with E-state index in [9.17, 15) is 4.79 Å². The highest BCUT2D eigenvalue weighted by molar-refractivity contribution is 7.13. The average Bonchev–Trinajstić information content (AvgIpc) is 2.87. The molecule has 0 amide bonds. The number of carboxylic acids is 1. The van der Waals surface area contributed by atoms with Crippen molar-refractivity contribution in [3.05, 3.63) is 11.1 Å². The van der Waals surface area contributed by atoms with Gasteiger partial charge >= 0.3 is 5.97 Å². The third-order valence-corrected chi connectivity index (χ3v) is 4.42. The van der Waals surface area contributed by atoms with E-state index in [0.29, 0.717) is 12.5 Å². The van der Waals surface area contributed by atoms with E-state index in [-0.39, 0.29) is 6.42 Å². The van der Waals surface area contributed by atoms with Crippen LogP contribution in [0.3, 0.4) is 0 Å². The standard InChI is InChI=1S/C14H23N3O2S/c1-2-7-17-8-5-11(6-9-17)15-14-16-12(10-20-14)3-4-13(18)19/h10-11H,2-9H2,1H3,(H,15,16)(H,18,19). The highest BCUT2D eigenvalue weighted by atomic mass is 32.1. The van der Waals surface area contributed by atoms with Gasteiger partial charge in [-0.15, -0.1) is 11.3 Å². The van der Waals surface area contributed by atoms with Crippen molar-refractivity contribution in [1.82, 2.24) is 9.88 Å². The summed E-state index contributed by atoms with van der Waals surface area (Å²) >= 11 is 1.58. The van der Waals surface area contributed by atoms with Crippen molar-refractivity contribution in [3.63, 3.8) is 0 Å². The summed E-state index contributed by atoms with van der Waals surface area (Å²) in [6, 6.07) is 0.501. The molecule has 0 unspecified atom stereocenters. The monoisotopic (exact) mass is 297 g/mol. The third kappa shape index (κ3) is 4.76. The zero-order valence-corrected chi connectivity index (χ0v) is 12.8. The molecule has 2 heterocycles. The molecule has 1 aliphatic heterocycles. The molecule has 1 aromatic rings. The number of carbonyl (C=O) groups is 1. The first kappa shape index (κ1) is 15.3. The molecule has 0 saturated carbocycles. The van der Waals surface area contributed by atoms with Gasteiger partial charge in [-0.25, -0.2) is 4.98 Å². The summed E-state index contributed by atoms with van der Waals surface area (Å²) in [5.74, 6) is -0.768. The van der Waals surface area contributed by atoms with Crippen LogP contribution in [0.5, 0.6) is 0 Å². The summed E-state index contributed by atoms with van der Waals surface area (Å²) in [7, 11) is 0. The Morgan fingerprint density at radius 1 is 1.55 bits per heavy atom. The fourth-order valence-corrected chi connectivity index (χ4v) is 3.34. The van der Waals surface area contributed by atoms with Crippen LogP contribution in [0.15, 0.2) is 5.38 Å². The molecule has 0 radical (unpaired) electrons. The van der Waals surface area contributed by atoms with Gasteiger partial charge in [-0.1, -0.05) is 6.92 Å². The van der Waals surface area contributed by atoms with Crippen LogP contribution in [-0.2, 0) is 11.2 Å². The summed E-state index contributed by atoms with van der Waals surface area (Å²) in [5, 5.41) is 15.0. The van der Waals surface area contributed by atoms with E-state index in [1.54, 1.807) is 11.3 Å². The quantitative estimate of drug-likeness (QED) is 0.809. The van der Waals surface area contributed by atoms with Crippen LogP contribution in [0.1, 0.15) is 38.3 Å². The second-order valence-electron chi connectivity index (χ2n) is 5.30. The molecule has 1 fully saturated rings. The van der Waals surface area contributed by atoms with Gasteiger partial charge in [-0.3, -0.25) is 4.79 Å². The fourth-order valence-electron chi connectivity index (χ4n) is 2.51. The maximum atomic E-state index is 10.5. The lowest BCUT2D eigenvalue weighted by molar-refractivity contribution is -0.136. The lowest BCUT2D eigenvalue weighted by atomic mass is 10.1. The normalized spacial score (nSPS) is 17.2. The summed E-state index contributed by atoms with van der Waals surface area (Å²) < 4.78 is 0. The summed E-state index contributed by atoms with van der Waals surface area (Å²) in [6.07, 6.45) is 4.20. The Bertz CT molecular complexity index is 428. The van der Waals surface area contributed by atoms with Crippen molar-refractivity contribution in [3.8, 4) is 0 Å². The molecule has 6 heteroatoms.